The SMILES string of the molecule is Cc1cccc2c(OCC(C)O)c3c(c(OCC(C)O)c12)CCCC3. The van der Waals surface area contributed by atoms with Gasteiger partial charge in [0, 0.05) is 21.9 Å². The van der Waals surface area contributed by atoms with Gasteiger partial charge in [-0.25, -0.2) is 0 Å². The van der Waals surface area contributed by atoms with Gasteiger partial charge in [0.05, 0.1) is 12.2 Å². The van der Waals surface area contributed by atoms with Crippen LogP contribution in [0.25, 0.3) is 10.8 Å². The number of rotatable bonds is 6. The minimum atomic E-state index is -0.510. The van der Waals surface area contributed by atoms with Crippen LogP contribution in [0.5, 0.6) is 11.5 Å². The van der Waals surface area contributed by atoms with Crippen molar-refractivity contribution in [3.05, 3.63) is 34.9 Å². The minimum absolute atomic E-state index is 0.281. The predicted molar refractivity (Wildman–Crippen MR) is 99.7 cm³/mol. The molecule has 0 aromatic heterocycles. The highest BCUT2D eigenvalue weighted by Gasteiger charge is 2.25. The molecule has 0 heterocycles. The Bertz CT molecular complexity index is 749. The van der Waals surface area contributed by atoms with Gasteiger partial charge < -0.3 is 19.7 Å². The molecule has 3 rings (SSSR count). The molecular weight excluding hydrogens is 316 g/mol. The Morgan fingerprint density at radius 2 is 1.48 bits per heavy atom. The van der Waals surface area contributed by atoms with Crippen LogP contribution >= 0.6 is 0 Å². The Labute approximate surface area is 149 Å². The summed E-state index contributed by atoms with van der Waals surface area (Å²) in [5.74, 6) is 1.78. The molecule has 4 nitrogen and oxygen atoms in total. The van der Waals surface area contributed by atoms with E-state index in [2.05, 4.69) is 19.1 Å². The van der Waals surface area contributed by atoms with E-state index >= 15 is 0 Å². The van der Waals surface area contributed by atoms with E-state index in [-0.39, 0.29) is 13.2 Å². The molecule has 25 heavy (non-hydrogen) atoms. The van der Waals surface area contributed by atoms with Crippen LogP contribution in [0.15, 0.2) is 18.2 Å². The molecule has 2 atom stereocenters. The van der Waals surface area contributed by atoms with Crippen LogP contribution in [0.1, 0.15) is 43.4 Å². The lowest BCUT2D eigenvalue weighted by Gasteiger charge is -2.26. The molecule has 0 bridgehead atoms. The molecule has 2 N–H and O–H groups in total. The zero-order valence-corrected chi connectivity index (χ0v) is 15.3. The van der Waals surface area contributed by atoms with E-state index in [0.717, 1.165) is 53.5 Å². The molecule has 0 saturated heterocycles. The van der Waals surface area contributed by atoms with Crippen molar-refractivity contribution in [2.45, 2.75) is 58.7 Å². The summed E-state index contributed by atoms with van der Waals surface area (Å²) < 4.78 is 12.1. The molecule has 0 radical (unpaired) electrons. The lowest BCUT2D eigenvalue weighted by atomic mass is 9.86. The summed E-state index contributed by atoms with van der Waals surface area (Å²) in [5, 5.41) is 21.4. The van der Waals surface area contributed by atoms with Crippen LogP contribution in [-0.4, -0.2) is 35.6 Å². The van der Waals surface area contributed by atoms with Crippen molar-refractivity contribution in [2.75, 3.05) is 13.2 Å². The molecule has 0 spiro atoms. The van der Waals surface area contributed by atoms with Crippen molar-refractivity contribution in [3.63, 3.8) is 0 Å². The molecular formula is C21H28O4. The topological polar surface area (TPSA) is 58.9 Å². The second-order valence-corrected chi connectivity index (χ2v) is 7.14. The van der Waals surface area contributed by atoms with Crippen molar-refractivity contribution >= 4 is 10.8 Å². The number of aliphatic hydroxyl groups is 2. The maximum absolute atomic E-state index is 9.68. The van der Waals surface area contributed by atoms with E-state index in [1.54, 1.807) is 13.8 Å². The van der Waals surface area contributed by atoms with Gasteiger partial charge in [0.2, 0.25) is 0 Å². The Hall–Kier alpha value is -1.78. The summed E-state index contributed by atoms with van der Waals surface area (Å²) in [6.07, 6.45) is 3.16. The highest BCUT2D eigenvalue weighted by atomic mass is 16.5. The molecule has 2 aromatic carbocycles. The lowest BCUT2D eigenvalue weighted by molar-refractivity contribution is 0.120. The zero-order valence-electron chi connectivity index (χ0n) is 15.3. The maximum atomic E-state index is 9.68. The van der Waals surface area contributed by atoms with Crippen molar-refractivity contribution in [3.8, 4) is 11.5 Å². The summed E-state index contributed by atoms with van der Waals surface area (Å²) in [5.41, 5.74) is 3.54. The number of aryl methyl sites for hydroxylation is 1. The van der Waals surface area contributed by atoms with Gasteiger partial charge in [-0.05, 0) is 52.0 Å². The lowest BCUT2D eigenvalue weighted by Crippen LogP contribution is -2.18. The molecule has 0 saturated carbocycles. The highest BCUT2D eigenvalue weighted by molar-refractivity contribution is 5.98. The Balaban J connectivity index is 2.21. The fourth-order valence-electron chi connectivity index (χ4n) is 3.61. The average molecular weight is 344 g/mol. The average Bonchev–Trinajstić information content (AvgIpc) is 2.57. The summed E-state index contributed by atoms with van der Waals surface area (Å²) in [6, 6.07) is 6.16. The first-order chi connectivity index (χ1) is 12.0. The number of fused-ring (bicyclic) bond motifs is 2. The van der Waals surface area contributed by atoms with Gasteiger partial charge in [0.15, 0.2) is 0 Å². The molecule has 1 aliphatic carbocycles. The summed E-state index contributed by atoms with van der Waals surface area (Å²) in [6.45, 7) is 6.11. The molecule has 0 fully saturated rings. The first-order valence-corrected chi connectivity index (χ1v) is 9.17. The third kappa shape index (κ3) is 3.75. The molecule has 136 valence electrons. The second kappa shape index (κ2) is 7.63. The first-order valence-electron chi connectivity index (χ1n) is 9.17. The van der Waals surface area contributed by atoms with Crippen molar-refractivity contribution < 1.29 is 19.7 Å². The van der Waals surface area contributed by atoms with E-state index in [0.29, 0.717) is 0 Å². The number of ether oxygens (including phenoxy) is 2. The molecule has 2 aromatic rings. The smallest absolute Gasteiger partial charge is 0.131 e. The Morgan fingerprint density at radius 1 is 0.920 bits per heavy atom. The normalized spacial score (nSPS) is 16.4. The summed E-state index contributed by atoms with van der Waals surface area (Å²) >= 11 is 0. The quantitative estimate of drug-likeness (QED) is 0.841. The number of hydrogen-bond acceptors (Lipinski definition) is 4. The highest BCUT2D eigenvalue weighted by Crippen LogP contribution is 2.45. The summed E-state index contributed by atoms with van der Waals surface area (Å²) in [7, 11) is 0. The van der Waals surface area contributed by atoms with E-state index in [1.807, 2.05) is 6.07 Å². The van der Waals surface area contributed by atoms with Gasteiger partial charge in [0.25, 0.3) is 0 Å². The van der Waals surface area contributed by atoms with Gasteiger partial charge in [-0.3, -0.25) is 0 Å². The first kappa shape index (κ1) is 18.0. The molecule has 4 heteroatoms. The van der Waals surface area contributed by atoms with Gasteiger partial charge in [0.1, 0.15) is 24.7 Å². The van der Waals surface area contributed by atoms with Crippen LogP contribution in [0.2, 0.25) is 0 Å². The van der Waals surface area contributed by atoms with Crippen molar-refractivity contribution in [2.24, 2.45) is 0 Å². The number of aliphatic hydroxyl groups excluding tert-OH is 2. The van der Waals surface area contributed by atoms with Crippen molar-refractivity contribution in [1.82, 2.24) is 0 Å². The van der Waals surface area contributed by atoms with E-state index in [1.165, 1.54) is 11.1 Å². The number of hydrogen-bond donors (Lipinski definition) is 2. The van der Waals surface area contributed by atoms with Crippen molar-refractivity contribution in [1.29, 1.82) is 0 Å². The minimum Gasteiger partial charge on any atom is -0.490 e. The van der Waals surface area contributed by atoms with E-state index in [9.17, 15) is 10.2 Å². The van der Waals surface area contributed by atoms with Crippen LogP contribution in [0.3, 0.4) is 0 Å². The zero-order chi connectivity index (χ0) is 18.0. The van der Waals surface area contributed by atoms with Crippen LogP contribution in [0, 0.1) is 6.92 Å². The fraction of sp³-hybridized carbons (Fsp3) is 0.524. The predicted octanol–water partition coefficient (Wildman–Crippen LogP) is 3.55. The molecule has 0 amide bonds. The maximum Gasteiger partial charge on any atom is 0.131 e. The Kier molecular flexibility index (Phi) is 5.50. The monoisotopic (exact) mass is 344 g/mol. The second-order valence-electron chi connectivity index (χ2n) is 7.14. The summed E-state index contributed by atoms with van der Waals surface area (Å²) in [4.78, 5) is 0. The standard InChI is InChI=1S/C21H28O4/c1-13-7-6-10-18-19(13)21(25-12-15(3)23)17-9-5-4-8-16(17)20(18)24-11-14(2)22/h6-7,10,14-15,22-23H,4-5,8-9,11-12H2,1-3H3. The van der Waals surface area contributed by atoms with Gasteiger partial charge in [-0.2, -0.15) is 0 Å². The van der Waals surface area contributed by atoms with E-state index < -0.39 is 12.2 Å². The molecule has 1 aliphatic rings. The van der Waals surface area contributed by atoms with Gasteiger partial charge in [-0.1, -0.05) is 18.2 Å². The fourth-order valence-corrected chi connectivity index (χ4v) is 3.61. The largest absolute Gasteiger partial charge is 0.490 e. The molecule has 0 aliphatic heterocycles. The van der Waals surface area contributed by atoms with Crippen LogP contribution in [0.4, 0.5) is 0 Å². The van der Waals surface area contributed by atoms with E-state index in [4.69, 9.17) is 9.47 Å². The Morgan fingerprint density at radius 3 is 2.08 bits per heavy atom. The van der Waals surface area contributed by atoms with Crippen LogP contribution in [-0.2, 0) is 12.8 Å². The molecule has 2 unspecified atom stereocenters. The third-order valence-electron chi connectivity index (χ3n) is 4.70. The third-order valence-corrected chi connectivity index (χ3v) is 4.70. The van der Waals surface area contributed by atoms with Crippen LogP contribution < -0.4 is 9.47 Å². The van der Waals surface area contributed by atoms with Gasteiger partial charge in [-0.15, -0.1) is 0 Å². The van der Waals surface area contributed by atoms with Gasteiger partial charge >= 0.3 is 0 Å². The number of benzene rings is 2.